The number of nitrogens with zero attached hydrogens (tertiary/aromatic N) is 8. The SMILES string of the molecule is c1c[n+](CCCCCC[n+]2ccc(N=Nc3cc4c5c(c3)CCCN5CCC4)cc2)ccc1N=Nc1cc2c3c(c1)CCCN3CCC2. The van der Waals surface area contributed by atoms with Crippen molar-refractivity contribution in [3.63, 3.8) is 0 Å². The Balaban J connectivity index is 0.761. The molecule has 0 radical (unpaired) electrons. The maximum absolute atomic E-state index is 4.63. The van der Waals surface area contributed by atoms with E-state index in [2.05, 4.69) is 113 Å². The third-order valence-electron chi connectivity index (χ3n) is 10.5. The maximum Gasteiger partial charge on any atom is 0.171 e. The van der Waals surface area contributed by atoms with Crippen LogP contribution in [0.1, 0.15) is 73.6 Å². The van der Waals surface area contributed by atoms with Crippen LogP contribution in [0.25, 0.3) is 0 Å². The first kappa shape index (κ1) is 30.8. The summed E-state index contributed by atoms with van der Waals surface area (Å²) in [5, 5.41) is 18.4. The molecule has 8 heteroatoms. The number of hydrogen-bond acceptors (Lipinski definition) is 6. The summed E-state index contributed by atoms with van der Waals surface area (Å²) in [6, 6.07) is 17.3. The van der Waals surface area contributed by atoms with Crippen molar-refractivity contribution in [1.82, 2.24) is 0 Å². The van der Waals surface area contributed by atoms with Gasteiger partial charge in [-0.3, -0.25) is 0 Å². The van der Waals surface area contributed by atoms with Gasteiger partial charge in [-0.1, -0.05) is 0 Å². The normalized spacial score (nSPS) is 16.8. The second kappa shape index (κ2) is 14.3. The minimum Gasteiger partial charge on any atom is -0.371 e. The van der Waals surface area contributed by atoms with Gasteiger partial charge in [-0.25, -0.2) is 9.13 Å². The first-order valence-electron chi connectivity index (χ1n) is 18.4. The monoisotopic (exact) mass is 640 g/mol. The summed E-state index contributed by atoms with van der Waals surface area (Å²) in [4.78, 5) is 5.14. The summed E-state index contributed by atoms with van der Waals surface area (Å²) in [6.45, 7) is 6.85. The summed E-state index contributed by atoms with van der Waals surface area (Å²) in [6.07, 6.45) is 22.9. The molecule has 246 valence electrons. The van der Waals surface area contributed by atoms with Crippen LogP contribution in [-0.4, -0.2) is 26.2 Å². The van der Waals surface area contributed by atoms with E-state index >= 15 is 0 Å². The molecule has 0 saturated carbocycles. The Morgan fingerprint density at radius 1 is 0.438 bits per heavy atom. The smallest absolute Gasteiger partial charge is 0.171 e. The van der Waals surface area contributed by atoms with E-state index in [0.29, 0.717) is 0 Å². The lowest BCUT2D eigenvalue weighted by molar-refractivity contribution is -0.698. The molecule has 2 aromatic heterocycles. The Bertz CT molecular complexity index is 1600. The molecule has 0 spiro atoms. The highest BCUT2D eigenvalue weighted by Crippen LogP contribution is 2.39. The molecule has 0 aliphatic carbocycles. The van der Waals surface area contributed by atoms with Gasteiger partial charge >= 0.3 is 0 Å². The van der Waals surface area contributed by atoms with Gasteiger partial charge in [-0.15, -0.1) is 0 Å². The van der Waals surface area contributed by atoms with E-state index in [4.69, 9.17) is 0 Å². The van der Waals surface area contributed by atoms with Crippen molar-refractivity contribution >= 4 is 34.1 Å². The minimum atomic E-state index is 0.906. The predicted molar refractivity (Wildman–Crippen MR) is 191 cm³/mol. The zero-order valence-electron chi connectivity index (χ0n) is 28.2. The molecule has 0 saturated heterocycles. The molecular formula is C40H48N8+2. The molecule has 4 aromatic rings. The van der Waals surface area contributed by atoms with Crippen LogP contribution in [0.2, 0.25) is 0 Å². The fourth-order valence-electron chi connectivity index (χ4n) is 8.19. The Hall–Kier alpha value is -4.46. The highest BCUT2D eigenvalue weighted by Gasteiger charge is 2.25. The Morgan fingerprint density at radius 2 is 0.771 bits per heavy atom. The maximum atomic E-state index is 4.63. The molecule has 0 amide bonds. The van der Waals surface area contributed by atoms with Crippen LogP contribution >= 0.6 is 0 Å². The Kier molecular flexibility index (Phi) is 9.22. The second-order valence-electron chi connectivity index (χ2n) is 14.0. The third kappa shape index (κ3) is 7.03. The fraction of sp³-hybridized carbons (Fsp3) is 0.450. The molecular weight excluding hydrogens is 592 g/mol. The number of azo groups is 2. The van der Waals surface area contributed by atoms with Crippen LogP contribution < -0.4 is 18.9 Å². The summed E-state index contributed by atoms with van der Waals surface area (Å²) in [5.74, 6) is 0. The molecule has 0 bridgehead atoms. The van der Waals surface area contributed by atoms with E-state index in [0.717, 1.165) is 61.5 Å². The van der Waals surface area contributed by atoms with Crippen LogP contribution in [0, 0.1) is 0 Å². The lowest BCUT2D eigenvalue weighted by Crippen LogP contribution is -2.34. The lowest BCUT2D eigenvalue weighted by atomic mass is 9.91. The van der Waals surface area contributed by atoms with E-state index in [1.807, 2.05) is 0 Å². The topological polar surface area (TPSA) is 63.7 Å². The van der Waals surface area contributed by atoms with Gasteiger partial charge in [0, 0.05) is 74.7 Å². The van der Waals surface area contributed by atoms with Gasteiger partial charge in [-0.05, 0) is 111 Å². The average Bonchev–Trinajstić information content (AvgIpc) is 3.13. The van der Waals surface area contributed by atoms with Gasteiger partial charge < -0.3 is 9.80 Å². The molecule has 2 aromatic carbocycles. The predicted octanol–water partition coefficient (Wildman–Crippen LogP) is 8.75. The zero-order chi connectivity index (χ0) is 32.1. The molecule has 8 nitrogen and oxygen atoms in total. The average molecular weight is 641 g/mol. The van der Waals surface area contributed by atoms with Crippen molar-refractivity contribution in [1.29, 1.82) is 0 Å². The number of hydrogen-bond donors (Lipinski definition) is 0. The number of aryl methyl sites for hydroxylation is 6. The standard InChI is InChI=1S/C40H48N8/c1(3-17-45-23-13-35(14-24-45)41-43-37-27-31-9-5-19-47-20-6-10-32(28-37)39(31)47)2-4-18-46-25-15-36(16-26-46)42-44-38-29-33-11-7-21-48-22-8-12-34(30-38)40(33)48/h13-16,23-30H,1-12,17-22H2/q+2. The first-order chi connectivity index (χ1) is 23.7. The summed E-state index contributed by atoms with van der Waals surface area (Å²) < 4.78 is 4.51. The van der Waals surface area contributed by atoms with Crippen molar-refractivity contribution < 1.29 is 9.13 Å². The number of benzene rings is 2. The van der Waals surface area contributed by atoms with Gasteiger partial charge in [0.05, 0.1) is 22.7 Å². The van der Waals surface area contributed by atoms with Crippen LogP contribution in [0.15, 0.2) is 93.8 Å². The quantitative estimate of drug-likeness (QED) is 0.0935. The van der Waals surface area contributed by atoms with Crippen molar-refractivity contribution in [3.8, 4) is 0 Å². The van der Waals surface area contributed by atoms with Crippen molar-refractivity contribution in [2.75, 3.05) is 36.0 Å². The largest absolute Gasteiger partial charge is 0.371 e. The summed E-state index contributed by atoms with van der Waals surface area (Å²) >= 11 is 0. The van der Waals surface area contributed by atoms with E-state index < -0.39 is 0 Å². The molecule has 48 heavy (non-hydrogen) atoms. The number of pyridine rings is 2. The van der Waals surface area contributed by atoms with Gasteiger partial charge in [0.1, 0.15) is 13.1 Å². The highest BCUT2D eigenvalue weighted by molar-refractivity contribution is 5.68. The second-order valence-corrected chi connectivity index (χ2v) is 14.0. The molecule has 4 aliphatic rings. The van der Waals surface area contributed by atoms with Crippen molar-refractivity contribution in [2.24, 2.45) is 20.5 Å². The molecule has 0 N–H and O–H groups in total. The molecule has 6 heterocycles. The molecule has 0 atom stereocenters. The summed E-state index contributed by atoms with van der Waals surface area (Å²) in [7, 11) is 0. The molecule has 0 unspecified atom stereocenters. The van der Waals surface area contributed by atoms with Gasteiger partial charge in [-0.2, -0.15) is 20.5 Å². The number of unbranched alkanes of at least 4 members (excludes halogenated alkanes) is 3. The van der Waals surface area contributed by atoms with Crippen LogP contribution in [-0.2, 0) is 38.8 Å². The number of anilines is 2. The van der Waals surface area contributed by atoms with E-state index in [1.54, 1.807) is 0 Å². The minimum absolute atomic E-state index is 0.906. The van der Waals surface area contributed by atoms with Gasteiger partial charge in [0.25, 0.3) is 0 Å². The number of rotatable bonds is 11. The van der Waals surface area contributed by atoms with Crippen LogP contribution in [0.4, 0.5) is 34.1 Å². The Morgan fingerprint density at radius 3 is 1.12 bits per heavy atom. The van der Waals surface area contributed by atoms with Gasteiger partial charge in [0.15, 0.2) is 24.8 Å². The zero-order valence-corrected chi connectivity index (χ0v) is 28.2. The van der Waals surface area contributed by atoms with E-state index in [1.165, 1.54) is 111 Å². The van der Waals surface area contributed by atoms with Crippen LogP contribution in [0.5, 0.6) is 0 Å². The van der Waals surface area contributed by atoms with Crippen LogP contribution in [0.3, 0.4) is 0 Å². The first-order valence-corrected chi connectivity index (χ1v) is 18.4. The lowest BCUT2D eigenvalue weighted by Gasteiger charge is -2.36. The van der Waals surface area contributed by atoms with E-state index in [9.17, 15) is 0 Å². The molecule has 8 rings (SSSR count). The fourth-order valence-corrected chi connectivity index (χ4v) is 8.19. The molecule has 4 aliphatic heterocycles. The Labute approximate surface area is 284 Å². The van der Waals surface area contributed by atoms with E-state index in [-0.39, 0.29) is 0 Å². The van der Waals surface area contributed by atoms with Crippen molar-refractivity contribution in [3.05, 3.63) is 95.6 Å². The van der Waals surface area contributed by atoms with Crippen molar-refractivity contribution in [2.45, 2.75) is 90.1 Å². The molecule has 0 fully saturated rings. The summed E-state index contributed by atoms with van der Waals surface area (Å²) in [5.41, 5.74) is 12.6. The van der Waals surface area contributed by atoms with Gasteiger partial charge in [0.2, 0.25) is 0 Å². The highest BCUT2D eigenvalue weighted by atomic mass is 15.2. The number of aromatic nitrogens is 2. The third-order valence-corrected chi connectivity index (χ3v) is 10.5.